The molecule has 3 rings (SSSR count). The van der Waals surface area contributed by atoms with Crippen LogP contribution in [0.4, 0.5) is 0 Å². The first-order valence-electron chi connectivity index (χ1n) is 13.3. The summed E-state index contributed by atoms with van der Waals surface area (Å²) in [4.78, 5) is 56.0. The van der Waals surface area contributed by atoms with Gasteiger partial charge in [-0.05, 0) is 6.42 Å². The lowest BCUT2D eigenvalue weighted by molar-refractivity contribution is -0.322. The first-order valence-corrected chi connectivity index (χ1v) is 13.3. The normalized spacial score (nSPS) is 43.0. The highest BCUT2D eigenvalue weighted by molar-refractivity contribution is 5.49. The highest BCUT2D eigenvalue weighted by Gasteiger charge is 2.53. The summed E-state index contributed by atoms with van der Waals surface area (Å²) in [6, 6.07) is -4.89. The van der Waals surface area contributed by atoms with Crippen molar-refractivity contribution in [2.24, 2.45) is 0 Å². The number of aliphatic hydroxyl groups is 6. The second kappa shape index (κ2) is 16.1. The summed E-state index contributed by atoms with van der Waals surface area (Å²) in [5.74, 6) is 0. The van der Waals surface area contributed by atoms with E-state index in [1.165, 1.54) is 0 Å². The molecular weight excluding hydrogens is 586 g/mol. The highest BCUT2D eigenvalue weighted by Crippen LogP contribution is 2.32. The zero-order chi connectivity index (χ0) is 31.7. The minimum Gasteiger partial charge on any atom is -0.394 e. The van der Waals surface area contributed by atoms with E-state index >= 15 is 0 Å². The summed E-state index contributed by atoms with van der Waals surface area (Å²) in [7, 11) is 0. The van der Waals surface area contributed by atoms with Crippen LogP contribution in [0, 0.1) is 0 Å². The molecule has 20 nitrogen and oxygen atoms in total. The number of hydrogen-bond acceptors (Lipinski definition) is 15. The molecule has 43 heavy (non-hydrogen) atoms. The number of carbonyl (C=O) groups excluding carboxylic acids is 5. The second-order valence-corrected chi connectivity index (χ2v) is 10.1. The quantitative estimate of drug-likeness (QED) is 0.0711. The van der Waals surface area contributed by atoms with Gasteiger partial charge in [-0.15, -0.1) is 0 Å². The van der Waals surface area contributed by atoms with Gasteiger partial charge in [-0.3, -0.25) is 24.0 Å². The fraction of sp³-hybridized carbons (Fsp3) is 0.783. The molecule has 2 heterocycles. The van der Waals surface area contributed by atoms with Crippen LogP contribution < -0.4 is 26.6 Å². The summed E-state index contributed by atoms with van der Waals surface area (Å²) in [6.07, 6.45) is -16.0. The van der Waals surface area contributed by atoms with Gasteiger partial charge in [0.15, 0.2) is 12.6 Å². The van der Waals surface area contributed by atoms with E-state index in [9.17, 15) is 54.6 Å². The molecule has 0 bridgehead atoms. The summed E-state index contributed by atoms with van der Waals surface area (Å²) in [5.41, 5.74) is 0. The lowest BCUT2D eigenvalue weighted by atomic mass is 9.83. The molecule has 5 amide bonds. The first kappa shape index (κ1) is 34.4. The fourth-order valence-corrected chi connectivity index (χ4v) is 5.48. The number of rotatable bonds is 16. The molecular formula is C23H37N5O15. The Hall–Kier alpha value is -3.05. The third-order valence-electron chi connectivity index (χ3n) is 7.63. The predicted molar refractivity (Wildman–Crippen MR) is 135 cm³/mol. The molecule has 15 atom stereocenters. The van der Waals surface area contributed by atoms with Crippen LogP contribution in [0.2, 0.25) is 0 Å². The monoisotopic (exact) mass is 623 g/mol. The molecule has 1 aliphatic carbocycles. The van der Waals surface area contributed by atoms with E-state index in [1.54, 1.807) is 0 Å². The summed E-state index contributed by atoms with van der Waals surface area (Å²) >= 11 is 0. The molecule has 20 heteroatoms. The van der Waals surface area contributed by atoms with Gasteiger partial charge in [-0.2, -0.15) is 0 Å². The van der Waals surface area contributed by atoms with Gasteiger partial charge in [-0.1, -0.05) is 0 Å². The molecule has 0 aromatic carbocycles. The van der Waals surface area contributed by atoms with Gasteiger partial charge in [-0.25, -0.2) is 0 Å². The molecule has 3 aliphatic rings. The molecule has 11 N–H and O–H groups in total. The maximum absolute atomic E-state index is 11.5. The van der Waals surface area contributed by atoms with Crippen molar-refractivity contribution in [3.8, 4) is 0 Å². The van der Waals surface area contributed by atoms with Crippen molar-refractivity contribution in [3.05, 3.63) is 0 Å². The summed E-state index contributed by atoms with van der Waals surface area (Å²) in [5, 5.41) is 74.9. The molecule has 2 aliphatic heterocycles. The summed E-state index contributed by atoms with van der Waals surface area (Å²) < 4.78 is 23.0. The zero-order valence-electron chi connectivity index (χ0n) is 22.5. The predicted octanol–water partition coefficient (Wildman–Crippen LogP) is -8.39. The standard InChI is InChI=1S/C23H37N5O15/c29-3-12-15(35)13(27-7-33)18(38)23(41-12)43-21-10(26-6-32)1-9(25-5-31)20(19(21)39)42-22-14(28-8-34)17(37)16(36)11(40-22)2-24-4-30/h4-23,29,35-39H,1-3H2,(H,24,30)(H,25,31)(H,26,32)(H,27,33)(H,28,34)/t9-,10+,11+,12+,13-,14+,15+,16+,17+,18+,19-,20+,21-,22+,23+/m0/s1. The van der Waals surface area contributed by atoms with Crippen molar-refractivity contribution in [2.75, 3.05) is 13.2 Å². The molecule has 0 radical (unpaired) electrons. The number of hydrogen-bond donors (Lipinski definition) is 11. The van der Waals surface area contributed by atoms with E-state index in [4.69, 9.17) is 18.9 Å². The van der Waals surface area contributed by atoms with Gasteiger partial charge >= 0.3 is 0 Å². The Morgan fingerprint density at radius 1 is 0.605 bits per heavy atom. The van der Waals surface area contributed by atoms with Gasteiger partial charge in [0.1, 0.15) is 61.0 Å². The topological polar surface area (TPSA) is 304 Å². The van der Waals surface area contributed by atoms with E-state index < -0.39 is 98.3 Å². The minimum absolute atomic E-state index is 0.158. The lowest BCUT2D eigenvalue weighted by Gasteiger charge is -2.49. The average Bonchev–Trinajstić information content (AvgIpc) is 2.99. The van der Waals surface area contributed by atoms with Crippen LogP contribution in [0.25, 0.3) is 0 Å². The molecule has 0 unspecified atom stereocenters. The van der Waals surface area contributed by atoms with E-state index in [0.717, 1.165) is 0 Å². The SMILES string of the molecule is O=CNC[C@H]1O[C@H](O[C@H]2[C@H](O)[C@@H](O[C@H]3O[C@H](CO)[C@@H](O)[C@H](NC=O)[C@H]3O)[C@H](NC=O)C[C@@H]2NC=O)[C@H](NC=O)[C@@H](O)[C@@H]1O. The molecule has 0 aromatic rings. The second-order valence-electron chi connectivity index (χ2n) is 10.1. The Bertz CT molecular complexity index is 936. The Morgan fingerprint density at radius 2 is 1.14 bits per heavy atom. The van der Waals surface area contributed by atoms with Crippen LogP contribution in [0.15, 0.2) is 0 Å². The van der Waals surface area contributed by atoms with E-state index in [-0.39, 0.29) is 25.8 Å². The number of aliphatic hydroxyl groups excluding tert-OH is 6. The largest absolute Gasteiger partial charge is 0.394 e. The minimum atomic E-state index is -1.78. The molecule has 0 aromatic heterocycles. The number of amides is 5. The van der Waals surface area contributed by atoms with Crippen LogP contribution in [-0.2, 0) is 42.9 Å². The zero-order valence-corrected chi connectivity index (χ0v) is 22.5. The third kappa shape index (κ3) is 7.73. The number of ether oxygens (including phenoxy) is 4. The molecule has 0 spiro atoms. The van der Waals surface area contributed by atoms with Crippen molar-refractivity contribution in [1.82, 2.24) is 26.6 Å². The van der Waals surface area contributed by atoms with Gasteiger partial charge < -0.3 is 76.2 Å². The lowest BCUT2D eigenvalue weighted by Crippen LogP contribution is -2.70. The van der Waals surface area contributed by atoms with Gasteiger partial charge in [0.25, 0.3) is 0 Å². The molecule has 3 fully saturated rings. The van der Waals surface area contributed by atoms with Crippen molar-refractivity contribution in [3.63, 3.8) is 0 Å². The van der Waals surface area contributed by atoms with Gasteiger partial charge in [0, 0.05) is 6.54 Å². The smallest absolute Gasteiger partial charge is 0.207 e. The van der Waals surface area contributed by atoms with Crippen LogP contribution in [0.3, 0.4) is 0 Å². The molecule has 2 saturated heterocycles. The van der Waals surface area contributed by atoms with Crippen molar-refractivity contribution in [1.29, 1.82) is 0 Å². The third-order valence-corrected chi connectivity index (χ3v) is 7.63. The number of carbonyl (C=O) groups is 5. The van der Waals surface area contributed by atoms with Crippen LogP contribution in [0.5, 0.6) is 0 Å². The van der Waals surface area contributed by atoms with Gasteiger partial charge in [0.05, 0.1) is 24.7 Å². The van der Waals surface area contributed by atoms with E-state index in [0.29, 0.717) is 19.2 Å². The van der Waals surface area contributed by atoms with Crippen LogP contribution in [-0.4, -0.2) is 168 Å². The average molecular weight is 624 g/mol. The Balaban J connectivity index is 1.91. The van der Waals surface area contributed by atoms with Crippen molar-refractivity contribution in [2.45, 2.75) is 98.1 Å². The fourth-order valence-electron chi connectivity index (χ4n) is 5.48. The van der Waals surface area contributed by atoms with Crippen LogP contribution in [0.1, 0.15) is 6.42 Å². The Kier molecular flexibility index (Phi) is 12.9. The summed E-state index contributed by atoms with van der Waals surface area (Å²) in [6.45, 7) is -1.02. The number of nitrogens with one attached hydrogen (secondary N) is 5. The van der Waals surface area contributed by atoms with Crippen molar-refractivity contribution >= 4 is 32.1 Å². The van der Waals surface area contributed by atoms with Crippen molar-refractivity contribution < 1.29 is 73.6 Å². The highest BCUT2D eigenvalue weighted by atomic mass is 16.7. The maximum atomic E-state index is 11.5. The van der Waals surface area contributed by atoms with E-state index in [1.807, 2.05) is 0 Å². The van der Waals surface area contributed by atoms with Crippen LogP contribution >= 0.6 is 0 Å². The van der Waals surface area contributed by atoms with Gasteiger partial charge in [0.2, 0.25) is 32.1 Å². The Labute approximate surface area is 244 Å². The molecule has 244 valence electrons. The first-order chi connectivity index (χ1) is 20.7. The molecule has 1 saturated carbocycles. The van der Waals surface area contributed by atoms with E-state index in [2.05, 4.69) is 26.6 Å². The maximum Gasteiger partial charge on any atom is 0.207 e. The Morgan fingerprint density at radius 3 is 1.67 bits per heavy atom.